The first-order chi connectivity index (χ1) is 11.1. The van der Waals surface area contributed by atoms with Gasteiger partial charge < -0.3 is 5.73 Å². The largest absolute Gasteiger partial charge is 0.381 e. The lowest BCUT2D eigenvalue weighted by atomic mass is 10.2. The predicted octanol–water partition coefficient (Wildman–Crippen LogP) is 1.98. The average Bonchev–Trinajstić information content (AvgIpc) is 2.86. The molecule has 2 aromatic carbocycles. The summed E-state index contributed by atoms with van der Waals surface area (Å²) in [4.78, 5) is 17.1. The van der Waals surface area contributed by atoms with Gasteiger partial charge in [0.1, 0.15) is 0 Å². The molecule has 0 bridgehead atoms. The van der Waals surface area contributed by atoms with Crippen LogP contribution in [0.3, 0.4) is 0 Å². The van der Waals surface area contributed by atoms with E-state index in [1.54, 1.807) is 0 Å². The Hall–Kier alpha value is -3.15. The zero-order chi connectivity index (χ0) is 16.0. The second kappa shape index (κ2) is 4.95. The van der Waals surface area contributed by atoms with Crippen LogP contribution in [0, 0.1) is 6.92 Å². The minimum absolute atomic E-state index is 0.216. The third-order valence-electron chi connectivity index (χ3n) is 3.86. The summed E-state index contributed by atoms with van der Waals surface area (Å²) in [5, 5.41) is 4.36. The van der Waals surface area contributed by atoms with E-state index < -0.39 is 0 Å². The summed E-state index contributed by atoms with van der Waals surface area (Å²) in [6, 6.07) is 15.5. The molecule has 2 N–H and O–H groups in total. The van der Waals surface area contributed by atoms with Crippen LogP contribution in [0.1, 0.15) is 11.1 Å². The summed E-state index contributed by atoms with van der Waals surface area (Å²) in [6.45, 7) is 2.37. The molecule has 0 aliphatic heterocycles. The molecule has 0 amide bonds. The highest BCUT2D eigenvalue weighted by atomic mass is 16.2. The third-order valence-corrected chi connectivity index (χ3v) is 3.86. The van der Waals surface area contributed by atoms with E-state index in [-0.39, 0.29) is 11.5 Å². The van der Waals surface area contributed by atoms with Gasteiger partial charge in [0.2, 0.25) is 5.65 Å². The SMILES string of the molecule is Cc1ccc2c(c1)nc(N)c1nn(Cc3ccccc3)c(=O)n12. The Morgan fingerprint density at radius 1 is 1.13 bits per heavy atom. The van der Waals surface area contributed by atoms with Gasteiger partial charge in [0, 0.05) is 0 Å². The average molecular weight is 305 g/mol. The fraction of sp³-hybridized carbons (Fsp3) is 0.118. The van der Waals surface area contributed by atoms with Gasteiger partial charge in [-0.15, -0.1) is 5.10 Å². The fourth-order valence-corrected chi connectivity index (χ4v) is 2.74. The third kappa shape index (κ3) is 2.15. The van der Waals surface area contributed by atoms with E-state index in [2.05, 4.69) is 10.1 Å². The maximum Gasteiger partial charge on any atom is 0.351 e. The lowest BCUT2D eigenvalue weighted by molar-refractivity contribution is 0.660. The summed E-state index contributed by atoms with van der Waals surface area (Å²) in [7, 11) is 0. The van der Waals surface area contributed by atoms with Crippen molar-refractivity contribution in [2.24, 2.45) is 0 Å². The highest BCUT2D eigenvalue weighted by Crippen LogP contribution is 2.18. The molecule has 0 radical (unpaired) electrons. The van der Waals surface area contributed by atoms with E-state index in [9.17, 15) is 4.79 Å². The van der Waals surface area contributed by atoms with Crippen molar-refractivity contribution >= 4 is 22.5 Å². The summed E-state index contributed by atoms with van der Waals surface area (Å²) in [5.41, 5.74) is 9.65. The van der Waals surface area contributed by atoms with Crippen LogP contribution in [-0.4, -0.2) is 19.2 Å². The maximum absolute atomic E-state index is 12.8. The van der Waals surface area contributed by atoms with Crippen molar-refractivity contribution in [2.75, 3.05) is 5.73 Å². The zero-order valence-electron chi connectivity index (χ0n) is 12.6. The number of hydrogen-bond donors (Lipinski definition) is 1. The van der Waals surface area contributed by atoms with Crippen LogP contribution >= 0.6 is 0 Å². The standard InChI is InChI=1S/C17H15N5O/c1-11-7-8-14-13(9-11)19-15(18)16-20-21(17(23)22(14)16)10-12-5-3-2-4-6-12/h2-9H,10H2,1H3,(H2,18,19). The van der Waals surface area contributed by atoms with E-state index in [0.29, 0.717) is 23.2 Å². The lowest BCUT2D eigenvalue weighted by Gasteiger charge is -2.03. The molecule has 0 aliphatic carbocycles. The molecule has 0 fully saturated rings. The Bertz CT molecular complexity index is 1080. The Morgan fingerprint density at radius 2 is 1.91 bits per heavy atom. The molecule has 2 heterocycles. The van der Waals surface area contributed by atoms with Gasteiger partial charge in [-0.25, -0.2) is 18.9 Å². The topological polar surface area (TPSA) is 78.2 Å². The Labute approximate surface area is 131 Å². The number of nitrogen functional groups attached to an aromatic ring is 1. The summed E-state index contributed by atoms with van der Waals surface area (Å²) < 4.78 is 2.95. The van der Waals surface area contributed by atoms with Gasteiger partial charge >= 0.3 is 5.69 Å². The zero-order valence-corrected chi connectivity index (χ0v) is 12.6. The van der Waals surface area contributed by atoms with Crippen molar-refractivity contribution in [1.82, 2.24) is 19.2 Å². The molecule has 0 aliphatic rings. The van der Waals surface area contributed by atoms with Crippen molar-refractivity contribution in [2.45, 2.75) is 13.5 Å². The van der Waals surface area contributed by atoms with Crippen LogP contribution in [0.5, 0.6) is 0 Å². The molecule has 0 spiro atoms. The van der Waals surface area contributed by atoms with E-state index in [1.165, 1.54) is 9.08 Å². The number of hydrogen-bond acceptors (Lipinski definition) is 4. The van der Waals surface area contributed by atoms with Gasteiger partial charge in [-0.3, -0.25) is 0 Å². The Kier molecular flexibility index (Phi) is 2.90. The minimum Gasteiger partial charge on any atom is -0.381 e. The maximum atomic E-state index is 12.8. The molecule has 2 aromatic heterocycles. The first kappa shape index (κ1) is 13.5. The van der Waals surface area contributed by atoms with E-state index in [4.69, 9.17) is 5.73 Å². The Morgan fingerprint density at radius 3 is 2.70 bits per heavy atom. The predicted molar refractivity (Wildman–Crippen MR) is 89.4 cm³/mol. The molecule has 114 valence electrons. The molecule has 6 heteroatoms. The number of fused-ring (bicyclic) bond motifs is 3. The molecule has 0 saturated heterocycles. The molecular weight excluding hydrogens is 290 g/mol. The summed E-state index contributed by atoms with van der Waals surface area (Å²) in [5.74, 6) is 0.256. The summed E-state index contributed by atoms with van der Waals surface area (Å²) >= 11 is 0. The summed E-state index contributed by atoms with van der Waals surface area (Å²) in [6.07, 6.45) is 0. The fourth-order valence-electron chi connectivity index (χ4n) is 2.74. The highest BCUT2D eigenvalue weighted by molar-refractivity contribution is 5.82. The molecular formula is C17H15N5O. The number of nitrogens with two attached hydrogens (primary N) is 1. The van der Waals surface area contributed by atoms with Gasteiger partial charge in [0.25, 0.3) is 0 Å². The first-order valence-corrected chi connectivity index (χ1v) is 7.33. The number of nitrogens with zero attached hydrogens (tertiary/aromatic N) is 4. The molecule has 0 saturated carbocycles. The van der Waals surface area contributed by atoms with E-state index in [1.807, 2.05) is 55.5 Å². The van der Waals surface area contributed by atoms with Crippen LogP contribution < -0.4 is 11.4 Å². The highest BCUT2D eigenvalue weighted by Gasteiger charge is 2.14. The number of rotatable bonds is 2. The lowest BCUT2D eigenvalue weighted by Crippen LogP contribution is -2.22. The van der Waals surface area contributed by atoms with Crippen LogP contribution in [0.25, 0.3) is 16.7 Å². The molecule has 23 heavy (non-hydrogen) atoms. The van der Waals surface area contributed by atoms with Gasteiger partial charge in [0.05, 0.1) is 17.6 Å². The second-order valence-corrected chi connectivity index (χ2v) is 5.57. The van der Waals surface area contributed by atoms with Crippen LogP contribution in [-0.2, 0) is 6.54 Å². The minimum atomic E-state index is -0.216. The van der Waals surface area contributed by atoms with E-state index >= 15 is 0 Å². The van der Waals surface area contributed by atoms with Crippen molar-refractivity contribution in [3.63, 3.8) is 0 Å². The molecule has 4 rings (SSSR count). The quantitative estimate of drug-likeness (QED) is 0.614. The number of anilines is 1. The van der Waals surface area contributed by atoms with Crippen LogP contribution in [0.2, 0.25) is 0 Å². The number of aromatic nitrogens is 4. The van der Waals surface area contributed by atoms with Gasteiger partial charge in [0.15, 0.2) is 5.82 Å². The molecule has 0 atom stereocenters. The van der Waals surface area contributed by atoms with Crippen molar-refractivity contribution in [3.05, 3.63) is 70.1 Å². The van der Waals surface area contributed by atoms with Crippen molar-refractivity contribution in [1.29, 1.82) is 0 Å². The van der Waals surface area contributed by atoms with Crippen LogP contribution in [0.4, 0.5) is 5.82 Å². The smallest absolute Gasteiger partial charge is 0.351 e. The van der Waals surface area contributed by atoms with E-state index in [0.717, 1.165) is 11.1 Å². The van der Waals surface area contributed by atoms with Gasteiger partial charge in [-0.2, -0.15) is 0 Å². The van der Waals surface area contributed by atoms with Gasteiger partial charge in [-0.1, -0.05) is 36.4 Å². The van der Waals surface area contributed by atoms with Gasteiger partial charge in [-0.05, 0) is 30.2 Å². The Balaban J connectivity index is 1.99. The van der Waals surface area contributed by atoms with Crippen molar-refractivity contribution in [3.8, 4) is 0 Å². The normalized spacial score (nSPS) is 11.3. The van der Waals surface area contributed by atoms with Crippen molar-refractivity contribution < 1.29 is 0 Å². The second-order valence-electron chi connectivity index (χ2n) is 5.57. The molecule has 4 aromatic rings. The monoisotopic (exact) mass is 305 g/mol. The number of benzene rings is 2. The number of aryl methyl sites for hydroxylation is 1. The molecule has 0 unspecified atom stereocenters. The first-order valence-electron chi connectivity index (χ1n) is 7.33. The molecule has 6 nitrogen and oxygen atoms in total. The van der Waals surface area contributed by atoms with Crippen LogP contribution in [0.15, 0.2) is 53.3 Å².